The Morgan fingerprint density at radius 2 is 1.95 bits per heavy atom. The van der Waals surface area contributed by atoms with E-state index in [1.165, 1.54) is 0 Å². The van der Waals surface area contributed by atoms with Crippen molar-refractivity contribution >= 4 is 24.8 Å². The van der Waals surface area contributed by atoms with E-state index in [4.69, 9.17) is 0 Å². The maximum absolute atomic E-state index is 10.1. The zero-order valence-corrected chi connectivity index (χ0v) is 12.8. The Hall–Kier alpha value is -0.740. The zero-order chi connectivity index (χ0) is 12.3. The molecule has 1 atom stereocenters. The van der Waals surface area contributed by atoms with E-state index in [0.29, 0.717) is 5.75 Å². The summed E-state index contributed by atoms with van der Waals surface area (Å²) in [5.74, 6) is 0.399. The van der Waals surface area contributed by atoms with Gasteiger partial charge in [0.15, 0.2) is 0 Å². The molecule has 1 aliphatic rings. The summed E-state index contributed by atoms with van der Waals surface area (Å²) in [6.45, 7) is 9.81. The monoisotopic (exact) mass is 304 g/mol. The standard InChI is InChI=1S/C14H20N2O.2ClH/c1-3-13(16-9-7-15-8-10-16)12-6-4-5-11(2)14(12)17;;/h3-6,13,15,17H,1,7-10H2,2H3;2*1H/t13-;;/m0../s1. The van der Waals surface area contributed by atoms with Gasteiger partial charge in [0, 0.05) is 31.7 Å². The van der Waals surface area contributed by atoms with Crippen molar-refractivity contribution in [1.29, 1.82) is 0 Å². The van der Waals surface area contributed by atoms with E-state index in [9.17, 15) is 5.11 Å². The van der Waals surface area contributed by atoms with Gasteiger partial charge in [-0.2, -0.15) is 0 Å². The molecule has 2 N–H and O–H groups in total. The minimum atomic E-state index is 0. The number of benzene rings is 1. The number of aryl methyl sites for hydroxylation is 1. The van der Waals surface area contributed by atoms with Crippen molar-refractivity contribution in [2.75, 3.05) is 26.2 Å². The molecule has 3 nitrogen and oxygen atoms in total. The van der Waals surface area contributed by atoms with Gasteiger partial charge in [0.25, 0.3) is 0 Å². The van der Waals surface area contributed by atoms with Gasteiger partial charge < -0.3 is 10.4 Å². The normalized spacial score (nSPS) is 16.9. The molecule has 0 unspecified atom stereocenters. The fraction of sp³-hybridized carbons (Fsp3) is 0.429. The first kappa shape index (κ1) is 18.3. The van der Waals surface area contributed by atoms with E-state index in [1.807, 2.05) is 31.2 Å². The van der Waals surface area contributed by atoms with Crippen LogP contribution in [0.3, 0.4) is 0 Å². The van der Waals surface area contributed by atoms with Crippen molar-refractivity contribution in [3.05, 3.63) is 42.0 Å². The van der Waals surface area contributed by atoms with E-state index in [-0.39, 0.29) is 30.9 Å². The summed E-state index contributed by atoms with van der Waals surface area (Å²) in [5, 5.41) is 13.5. The molecule has 1 aliphatic heterocycles. The molecule has 108 valence electrons. The third kappa shape index (κ3) is 4.11. The molecule has 5 heteroatoms. The first-order valence-corrected chi connectivity index (χ1v) is 6.10. The molecule has 1 saturated heterocycles. The number of phenolic OH excluding ortho intramolecular Hbond substituents is 1. The van der Waals surface area contributed by atoms with E-state index >= 15 is 0 Å². The van der Waals surface area contributed by atoms with Crippen molar-refractivity contribution < 1.29 is 5.11 Å². The zero-order valence-electron chi connectivity index (χ0n) is 11.1. The lowest BCUT2D eigenvalue weighted by molar-refractivity contribution is 0.201. The second-order valence-electron chi connectivity index (χ2n) is 4.48. The topological polar surface area (TPSA) is 35.5 Å². The number of phenols is 1. The van der Waals surface area contributed by atoms with Gasteiger partial charge in [-0.25, -0.2) is 0 Å². The maximum atomic E-state index is 10.1. The third-order valence-corrected chi connectivity index (χ3v) is 3.36. The van der Waals surface area contributed by atoms with E-state index in [0.717, 1.165) is 37.3 Å². The van der Waals surface area contributed by atoms with Crippen LogP contribution in [0, 0.1) is 6.92 Å². The van der Waals surface area contributed by atoms with Gasteiger partial charge in [-0.1, -0.05) is 24.3 Å². The Labute approximate surface area is 127 Å². The van der Waals surface area contributed by atoms with Crippen LogP contribution >= 0.6 is 24.8 Å². The number of hydrogen-bond acceptors (Lipinski definition) is 3. The lowest BCUT2D eigenvalue weighted by Crippen LogP contribution is -2.44. The molecule has 0 saturated carbocycles. The molecule has 0 aromatic heterocycles. The van der Waals surface area contributed by atoms with Crippen molar-refractivity contribution in [3.63, 3.8) is 0 Å². The summed E-state index contributed by atoms with van der Waals surface area (Å²) in [7, 11) is 0. The average Bonchev–Trinajstić information content (AvgIpc) is 2.37. The molecule has 2 rings (SSSR count). The van der Waals surface area contributed by atoms with E-state index in [1.54, 1.807) is 0 Å². The van der Waals surface area contributed by atoms with Crippen LogP contribution in [0.15, 0.2) is 30.9 Å². The summed E-state index contributed by atoms with van der Waals surface area (Å²) in [6, 6.07) is 6.01. The molecule has 0 bridgehead atoms. The van der Waals surface area contributed by atoms with Gasteiger partial charge >= 0.3 is 0 Å². The first-order valence-electron chi connectivity index (χ1n) is 6.10. The maximum Gasteiger partial charge on any atom is 0.123 e. The minimum absolute atomic E-state index is 0. The number of rotatable bonds is 3. The number of nitrogens with one attached hydrogen (secondary N) is 1. The summed E-state index contributed by atoms with van der Waals surface area (Å²) in [6.07, 6.45) is 1.92. The van der Waals surface area contributed by atoms with Crippen LogP contribution < -0.4 is 5.32 Å². The number of halogens is 2. The van der Waals surface area contributed by atoms with Crippen molar-refractivity contribution in [2.24, 2.45) is 0 Å². The number of nitrogens with zero attached hydrogens (tertiary/aromatic N) is 1. The van der Waals surface area contributed by atoms with Gasteiger partial charge in [-0.15, -0.1) is 31.4 Å². The van der Waals surface area contributed by atoms with E-state index in [2.05, 4.69) is 16.8 Å². The van der Waals surface area contributed by atoms with Crippen LogP contribution in [0.5, 0.6) is 5.75 Å². The van der Waals surface area contributed by atoms with Crippen molar-refractivity contribution in [3.8, 4) is 5.75 Å². The summed E-state index contributed by atoms with van der Waals surface area (Å²) in [5.41, 5.74) is 1.88. The Kier molecular flexibility index (Phi) is 8.11. The molecule has 1 heterocycles. The van der Waals surface area contributed by atoms with Crippen molar-refractivity contribution in [1.82, 2.24) is 10.2 Å². The second-order valence-corrected chi connectivity index (χ2v) is 4.48. The predicted octanol–water partition coefficient (Wildman–Crippen LogP) is 2.68. The lowest BCUT2D eigenvalue weighted by Gasteiger charge is -2.33. The van der Waals surface area contributed by atoms with Crippen LogP contribution in [0.2, 0.25) is 0 Å². The molecule has 1 fully saturated rings. The molecule has 19 heavy (non-hydrogen) atoms. The van der Waals surface area contributed by atoms with Gasteiger partial charge in [0.1, 0.15) is 5.75 Å². The molecule has 1 aromatic carbocycles. The number of para-hydroxylation sites is 1. The fourth-order valence-electron chi connectivity index (χ4n) is 2.35. The van der Waals surface area contributed by atoms with Crippen LogP contribution in [-0.2, 0) is 0 Å². The summed E-state index contributed by atoms with van der Waals surface area (Å²) < 4.78 is 0. The summed E-state index contributed by atoms with van der Waals surface area (Å²) in [4.78, 5) is 2.35. The SMILES string of the molecule is C=C[C@@H](c1cccc(C)c1O)N1CCNCC1.Cl.Cl. The van der Waals surface area contributed by atoms with Crippen LogP contribution in [-0.4, -0.2) is 36.2 Å². The highest BCUT2D eigenvalue weighted by Gasteiger charge is 2.22. The molecule has 0 radical (unpaired) electrons. The van der Waals surface area contributed by atoms with Gasteiger partial charge in [0.2, 0.25) is 0 Å². The Balaban J connectivity index is 0.00000162. The van der Waals surface area contributed by atoms with Crippen molar-refractivity contribution in [2.45, 2.75) is 13.0 Å². The Morgan fingerprint density at radius 3 is 2.53 bits per heavy atom. The molecular weight excluding hydrogens is 283 g/mol. The lowest BCUT2D eigenvalue weighted by atomic mass is 10.0. The molecule has 0 amide bonds. The fourth-order valence-corrected chi connectivity index (χ4v) is 2.35. The van der Waals surface area contributed by atoms with Gasteiger partial charge in [-0.3, -0.25) is 4.90 Å². The van der Waals surface area contributed by atoms with Gasteiger partial charge in [-0.05, 0) is 12.5 Å². The molecule has 0 aliphatic carbocycles. The number of piperazine rings is 1. The third-order valence-electron chi connectivity index (χ3n) is 3.36. The Morgan fingerprint density at radius 1 is 1.32 bits per heavy atom. The largest absolute Gasteiger partial charge is 0.507 e. The highest BCUT2D eigenvalue weighted by atomic mass is 35.5. The minimum Gasteiger partial charge on any atom is -0.507 e. The van der Waals surface area contributed by atoms with Gasteiger partial charge in [0.05, 0.1) is 6.04 Å². The number of aromatic hydroxyl groups is 1. The summed E-state index contributed by atoms with van der Waals surface area (Å²) >= 11 is 0. The predicted molar refractivity (Wildman–Crippen MR) is 84.7 cm³/mol. The highest BCUT2D eigenvalue weighted by molar-refractivity contribution is 5.85. The van der Waals surface area contributed by atoms with Crippen LogP contribution in [0.1, 0.15) is 17.2 Å². The van der Waals surface area contributed by atoms with Crippen LogP contribution in [0.25, 0.3) is 0 Å². The molecule has 0 spiro atoms. The molecule has 1 aromatic rings. The molecular formula is C14H22Cl2N2O. The van der Waals surface area contributed by atoms with E-state index < -0.39 is 0 Å². The quantitative estimate of drug-likeness (QED) is 0.843. The second kappa shape index (κ2) is 8.43. The average molecular weight is 305 g/mol. The highest BCUT2D eigenvalue weighted by Crippen LogP contribution is 2.31. The number of hydrogen-bond donors (Lipinski definition) is 2. The Bertz CT molecular complexity index is 406. The van der Waals surface area contributed by atoms with Crippen LogP contribution in [0.4, 0.5) is 0 Å². The smallest absolute Gasteiger partial charge is 0.123 e. The first-order chi connectivity index (χ1) is 8.24.